The molecule has 132 valence electrons. The third kappa shape index (κ3) is 5.09. The summed E-state index contributed by atoms with van der Waals surface area (Å²) in [6.45, 7) is 0.478. The van der Waals surface area contributed by atoms with E-state index in [9.17, 15) is 18.0 Å². The highest BCUT2D eigenvalue weighted by Crippen LogP contribution is 2.24. The minimum Gasteiger partial charge on any atom is -0.353 e. The zero-order valence-electron chi connectivity index (χ0n) is 13.1. The van der Waals surface area contributed by atoms with Crippen LogP contribution < -0.4 is 5.32 Å². The Bertz CT molecular complexity index is 732. The molecular formula is C15H18Cl2N2O4S. The van der Waals surface area contributed by atoms with Crippen molar-refractivity contribution in [1.29, 1.82) is 0 Å². The largest absolute Gasteiger partial charge is 0.353 e. The molecule has 0 spiro atoms. The molecule has 1 aliphatic heterocycles. The van der Waals surface area contributed by atoms with Crippen LogP contribution in [0.4, 0.5) is 0 Å². The summed E-state index contributed by atoms with van der Waals surface area (Å²) in [5, 5.41) is 3.27. The minimum atomic E-state index is -3.15. The van der Waals surface area contributed by atoms with E-state index in [1.54, 1.807) is 0 Å². The molecule has 0 aliphatic carbocycles. The molecule has 2 rings (SSSR count). The molecule has 1 N–H and O–H groups in total. The van der Waals surface area contributed by atoms with Gasteiger partial charge in [0.2, 0.25) is 5.91 Å². The number of amides is 2. The second kappa shape index (κ2) is 7.72. The highest BCUT2D eigenvalue weighted by Gasteiger charge is 2.34. The van der Waals surface area contributed by atoms with E-state index in [1.807, 2.05) is 0 Å². The van der Waals surface area contributed by atoms with Crippen molar-refractivity contribution < 1.29 is 18.0 Å². The highest BCUT2D eigenvalue weighted by atomic mass is 35.5. The normalized spacial score (nSPS) is 17.8. The maximum Gasteiger partial charge on any atom is 0.254 e. The number of sulfone groups is 1. The monoisotopic (exact) mass is 392 g/mol. The molecule has 1 heterocycles. The number of nitrogens with one attached hydrogen (secondary N) is 1. The van der Waals surface area contributed by atoms with Gasteiger partial charge in [0.15, 0.2) is 0 Å². The second-order valence-corrected chi connectivity index (χ2v) is 8.87. The van der Waals surface area contributed by atoms with Gasteiger partial charge in [-0.3, -0.25) is 9.59 Å². The third-order valence-electron chi connectivity index (χ3n) is 3.70. The Morgan fingerprint density at radius 1 is 1.25 bits per heavy atom. The van der Waals surface area contributed by atoms with Gasteiger partial charge in [0.1, 0.15) is 15.9 Å². The number of carbonyl (C=O) groups excluding carboxylic acids is 2. The summed E-state index contributed by atoms with van der Waals surface area (Å²) in [5.41, 5.74) is 0.323. The predicted octanol–water partition coefficient (Wildman–Crippen LogP) is 1.76. The van der Waals surface area contributed by atoms with Gasteiger partial charge >= 0.3 is 0 Å². The SMILES string of the molecule is CS(=O)(=O)CCNC(=O)C1CCCN1C(=O)c1cc(Cl)cc(Cl)c1. The van der Waals surface area contributed by atoms with Crippen molar-refractivity contribution in [2.45, 2.75) is 18.9 Å². The van der Waals surface area contributed by atoms with Crippen molar-refractivity contribution in [1.82, 2.24) is 10.2 Å². The van der Waals surface area contributed by atoms with Crippen molar-refractivity contribution in [2.24, 2.45) is 0 Å². The van der Waals surface area contributed by atoms with Gasteiger partial charge in [-0.1, -0.05) is 23.2 Å². The molecule has 24 heavy (non-hydrogen) atoms. The number of carbonyl (C=O) groups is 2. The van der Waals surface area contributed by atoms with Crippen LogP contribution in [0.25, 0.3) is 0 Å². The lowest BCUT2D eigenvalue weighted by molar-refractivity contribution is -0.124. The van der Waals surface area contributed by atoms with Crippen LogP contribution in [0, 0.1) is 0 Å². The minimum absolute atomic E-state index is 0.0270. The van der Waals surface area contributed by atoms with Gasteiger partial charge < -0.3 is 10.2 Å². The van der Waals surface area contributed by atoms with Gasteiger partial charge in [-0.2, -0.15) is 0 Å². The lowest BCUT2D eigenvalue weighted by atomic mass is 10.1. The molecule has 0 saturated carbocycles. The number of rotatable bonds is 5. The topological polar surface area (TPSA) is 83.6 Å². The first-order valence-corrected chi connectivity index (χ1v) is 10.2. The van der Waals surface area contributed by atoms with Crippen LogP contribution in [0.1, 0.15) is 23.2 Å². The standard InChI is InChI=1S/C15H18Cl2N2O4S/c1-24(22,23)6-4-18-14(20)13-3-2-5-19(13)15(21)10-7-11(16)9-12(17)8-10/h7-9,13H,2-6H2,1H3,(H,18,20). The van der Waals surface area contributed by atoms with E-state index < -0.39 is 15.9 Å². The smallest absolute Gasteiger partial charge is 0.254 e. The summed E-state index contributed by atoms with van der Waals surface area (Å²) < 4.78 is 22.2. The first-order chi connectivity index (χ1) is 11.2. The number of hydrogen-bond acceptors (Lipinski definition) is 4. The van der Waals surface area contributed by atoms with E-state index in [4.69, 9.17) is 23.2 Å². The van der Waals surface area contributed by atoms with Crippen molar-refractivity contribution in [3.63, 3.8) is 0 Å². The number of likely N-dealkylation sites (tertiary alicyclic amines) is 1. The van der Waals surface area contributed by atoms with Crippen LogP contribution in [-0.2, 0) is 14.6 Å². The average Bonchev–Trinajstić information content (AvgIpc) is 2.93. The van der Waals surface area contributed by atoms with Crippen LogP contribution in [-0.4, -0.2) is 56.3 Å². The zero-order valence-corrected chi connectivity index (χ0v) is 15.4. The average molecular weight is 393 g/mol. The molecule has 1 saturated heterocycles. The number of hydrogen-bond donors (Lipinski definition) is 1. The summed E-state index contributed by atoms with van der Waals surface area (Å²) in [5.74, 6) is -0.804. The fourth-order valence-electron chi connectivity index (χ4n) is 2.60. The molecule has 1 aliphatic rings. The van der Waals surface area contributed by atoms with Crippen LogP contribution in [0.2, 0.25) is 10.0 Å². The predicted molar refractivity (Wildman–Crippen MR) is 93.2 cm³/mol. The van der Waals surface area contributed by atoms with E-state index in [1.165, 1.54) is 23.1 Å². The summed E-state index contributed by atoms with van der Waals surface area (Å²) >= 11 is 11.8. The zero-order chi connectivity index (χ0) is 17.9. The van der Waals surface area contributed by atoms with E-state index in [-0.39, 0.29) is 24.1 Å². The molecule has 1 fully saturated rings. The summed E-state index contributed by atoms with van der Waals surface area (Å²) in [6, 6.07) is 3.92. The maximum atomic E-state index is 12.6. The molecule has 1 aromatic rings. The van der Waals surface area contributed by atoms with Gasteiger partial charge in [-0.05, 0) is 31.0 Å². The molecule has 1 unspecified atom stereocenters. The van der Waals surface area contributed by atoms with Crippen molar-refractivity contribution in [3.05, 3.63) is 33.8 Å². The molecule has 0 aromatic heterocycles. The molecule has 9 heteroatoms. The lowest BCUT2D eigenvalue weighted by Crippen LogP contribution is -2.46. The molecule has 1 atom stereocenters. The van der Waals surface area contributed by atoms with Crippen molar-refractivity contribution in [3.8, 4) is 0 Å². The summed E-state index contributed by atoms with van der Waals surface area (Å²) in [4.78, 5) is 26.4. The number of halogens is 2. The second-order valence-electron chi connectivity index (χ2n) is 5.74. The van der Waals surface area contributed by atoms with Crippen molar-refractivity contribution >= 4 is 44.9 Å². The van der Waals surface area contributed by atoms with E-state index in [0.29, 0.717) is 35.0 Å². The number of nitrogens with zero attached hydrogens (tertiary/aromatic N) is 1. The Hall–Kier alpha value is -1.31. The molecule has 1 aromatic carbocycles. The first kappa shape index (κ1) is 19.0. The van der Waals surface area contributed by atoms with E-state index in [0.717, 1.165) is 6.26 Å². The van der Waals surface area contributed by atoms with Crippen LogP contribution in [0.3, 0.4) is 0 Å². The van der Waals surface area contributed by atoms with Crippen LogP contribution in [0.5, 0.6) is 0 Å². The van der Waals surface area contributed by atoms with Gasteiger partial charge in [0.25, 0.3) is 5.91 Å². The lowest BCUT2D eigenvalue weighted by Gasteiger charge is -2.24. The van der Waals surface area contributed by atoms with Gasteiger partial charge in [-0.15, -0.1) is 0 Å². The van der Waals surface area contributed by atoms with E-state index >= 15 is 0 Å². The van der Waals surface area contributed by atoms with Gasteiger partial charge in [0, 0.05) is 35.0 Å². The molecule has 6 nitrogen and oxygen atoms in total. The fraction of sp³-hybridized carbons (Fsp3) is 0.467. The molecule has 0 radical (unpaired) electrons. The summed E-state index contributed by atoms with van der Waals surface area (Å²) in [6.07, 6.45) is 2.34. The van der Waals surface area contributed by atoms with Gasteiger partial charge in [-0.25, -0.2) is 8.42 Å². The van der Waals surface area contributed by atoms with Crippen LogP contribution >= 0.6 is 23.2 Å². The third-order valence-corrected chi connectivity index (χ3v) is 5.08. The first-order valence-electron chi connectivity index (χ1n) is 7.40. The fourth-order valence-corrected chi connectivity index (χ4v) is 3.60. The summed E-state index contributed by atoms with van der Waals surface area (Å²) in [7, 11) is -3.15. The maximum absolute atomic E-state index is 12.6. The number of benzene rings is 1. The quantitative estimate of drug-likeness (QED) is 0.827. The molecule has 0 bridgehead atoms. The highest BCUT2D eigenvalue weighted by molar-refractivity contribution is 7.90. The molecular weight excluding hydrogens is 375 g/mol. The Labute approximate surface area is 151 Å². The Morgan fingerprint density at radius 2 is 1.88 bits per heavy atom. The Kier molecular flexibility index (Phi) is 6.11. The molecule has 2 amide bonds. The van der Waals surface area contributed by atoms with Crippen molar-refractivity contribution in [2.75, 3.05) is 25.1 Å². The Balaban J connectivity index is 2.06. The Morgan fingerprint density at radius 3 is 2.46 bits per heavy atom. The van der Waals surface area contributed by atoms with Crippen LogP contribution in [0.15, 0.2) is 18.2 Å². The van der Waals surface area contributed by atoms with Gasteiger partial charge in [0.05, 0.1) is 5.75 Å². The van der Waals surface area contributed by atoms with E-state index in [2.05, 4.69) is 5.32 Å².